The van der Waals surface area contributed by atoms with E-state index in [0.717, 1.165) is 31.7 Å². The number of benzene rings is 1. The maximum absolute atomic E-state index is 14.5. The molecule has 0 saturated carbocycles. The minimum atomic E-state index is -4.84. The van der Waals surface area contributed by atoms with Crippen molar-refractivity contribution < 1.29 is 27.2 Å². The van der Waals surface area contributed by atoms with E-state index in [9.17, 15) is 27.2 Å². The Kier molecular flexibility index (Phi) is 5.81. The third-order valence-corrected chi connectivity index (χ3v) is 5.78. The number of carbonyl (C=O) groups excluding carboxylic acids is 2. The molecule has 1 unspecified atom stereocenters. The van der Waals surface area contributed by atoms with Gasteiger partial charge in [0.25, 0.3) is 5.91 Å². The summed E-state index contributed by atoms with van der Waals surface area (Å²) in [7, 11) is 0. The number of nitrogens with two attached hydrogens (primary N) is 1. The van der Waals surface area contributed by atoms with Gasteiger partial charge in [-0.2, -0.15) is 18.3 Å². The lowest BCUT2D eigenvalue weighted by Gasteiger charge is -2.27. The van der Waals surface area contributed by atoms with E-state index in [-0.39, 0.29) is 34.2 Å². The maximum Gasteiger partial charge on any atom is 0.433 e. The van der Waals surface area contributed by atoms with Gasteiger partial charge in [-0.3, -0.25) is 9.59 Å². The quantitative estimate of drug-likeness (QED) is 0.593. The number of fused-ring (bicyclic) bond motifs is 1. The molecule has 33 heavy (non-hydrogen) atoms. The van der Waals surface area contributed by atoms with Gasteiger partial charge in [0.2, 0.25) is 5.91 Å². The van der Waals surface area contributed by atoms with Crippen LogP contribution in [0.2, 0.25) is 0 Å². The molecule has 2 amide bonds. The molecule has 7 nitrogen and oxygen atoms in total. The van der Waals surface area contributed by atoms with Gasteiger partial charge >= 0.3 is 6.18 Å². The van der Waals surface area contributed by atoms with Crippen LogP contribution in [0.5, 0.6) is 0 Å². The molecule has 0 spiro atoms. The molecule has 3 heterocycles. The molecule has 1 aliphatic rings. The minimum absolute atomic E-state index is 0.0893. The first-order chi connectivity index (χ1) is 15.6. The lowest BCUT2D eigenvalue weighted by molar-refractivity contribution is -0.142. The van der Waals surface area contributed by atoms with Crippen LogP contribution < -0.4 is 5.73 Å². The van der Waals surface area contributed by atoms with E-state index < -0.39 is 29.5 Å². The van der Waals surface area contributed by atoms with E-state index in [1.807, 2.05) is 6.92 Å². The fourth-order valence-corrected chi connectivity index (χ4v) is 4.02. The van der Waals surface area contributed by atoms with Crippen molar-refractivity contribution >= 4 is 17.5 Å². The Hall–Kier alpha value is -3.50. The number of nitrogens with zero attached hydrogens (tertiary/aromatic N) is 4. The van der Waals surface area contributed by atoms with E-state index in [4.69, 9.17) is 5.73 Å². The Labute approximate surface area is 186 Å². The SMILES string of the molecule is CC1CCCCCN1C(=O)c1cc(C(F)(F)F)n2nc(-c3ccc(C(N)=O)cc3F)cc2n1. The molecule has 4 rings (SSSR count). The number of halogens is 4. The number of rotatable bonds is 3. The van der Waals surface area contributed by atoms with Crippen molar-refractivity contribution in [1.82, 2.24) is 19.5 Å². The Balaban J connectivity index is 1.82. The Morgan fingerprint density at radius 1 is 1.12 bits per heavy atom. The summed E-state index contributed by atoms with van der Waals surface area (Å²) in [6.45, 7) is 2.30. The zero-order chi connectivity index (χ0) is 23.9. The summed E-state index contributed by atoms with van der Waals surface area (Å²) in [6, 6.07) is 5.06. The van der Waals surface area contributed by atoms with Crippen LogP contribution in [0.1, 0.15) is 59.1 Å². The molecular formula is C22H21F4N5O2. The zero-order valence-electron chi connectivity index (χ0n) is 17.7. The number of amides is 2. The van der Waals surface area contributed by atoms with Crippen molar-refractivity contribution in [3.05, 3.63) is 53.1 Å². The van der Waals surface area contributed by atoms with Gasteiger partial charge in [-0.25, -0.2) is 13.9 Å². The summed E-state index contributed by atoms with van der Waals surface area (Å²) in [6.07, 6.45) is -1.42. The number of likely N-dealkylation sites (tertiary alicyclic amines) is 1. The highest BCUT2D eigenvalue weighted by Gasteiger charge is 2.37. The fraction of sp³-hybridized carbons (Fsp3) is 0.364. The van der Waals surface area contributed by atoms with Gasteiger partial charge in [-0.05, 0) is 38.0 Å². The van der Waals surface area contributed by atoms with E-state index >= 15 is 0 Å². The summed E-state index contributed by atoms with van der Waals surface area (Å²) in [5.41, 5.74) is 2.99. The van der Waals surface area contributed by atoms with Crippen molar-refractivity contribution in [3.8, 4) is 11.3 Å². The zero-order valence-corrected chi connectivity index (χ0v) is 17.7. The topological polar surface area (TPSA) is 93.6 Å². The van der Waals surface area contributed by atoms with Gasteiger partial charge in [0, 0.05) is 35.8 Å². The smallest absolute Gasteiger partial charge is 0.366 e. The van der Waals surface area contributed by atoms with Crippen molar-refractivity contribution in [2.75, 3.05) is 6.54 Å². The highest BCUT2D eigenvalue weighted by molar-refractivity contribution is 5.94. The molecule has 1 saturated heterocycles. The van der Waals surface area contributed by atoms with Crippen LogP contribution in [0.4, 0.5) is 17.6 Å². The Bertz CT molecular complexity index is 1240. The largest absolute Gasteiger partial charge is 0.433 e. The second-order valence-corrected chi connectivity index (χ2v) is 8.08. The molecule has 0 radical (unpaired) electrons. The fourth-order valence-electron chi connectivity index (χ4n) is 4.02. The third kappa shape index (κ3) is 4.39. The maximum atomic E-state index is 14.5. The van der Waals surface area contributed by atoms with Gasteiger partial charge in [0.1, 0.15) is 11.5 Å². The minimum Gasteiger partial charge on any atom is -0.366 e. The molecule has 174 valence electrons. The number of aromatic nitrogens is 3. The van der Waals surface area contributed by atoms with E-state index in [1.54, 1.807) is 4.90 Å². The van der Waals surface area contributed by atoms with Gasteiger partial charge in [0.05, 0.1) is 5.69 Å². The van der Waals surface area contributed by atoms with E-state index in [0.29, 0.717) is 17.1 Å². The third-order valence-electron chi connectivity index (χ3n) is 5.78. The van der Waals surface area contributed by atoms with Crippen LogP contribution in [0.15, 0.2) is 30.3 Å². The number of alkyl halides is 3. The number of carbonyl (C=O) groups is 2. The predicted octanol–water partition coefficient (Wildman–Crippen LogP) is 4.06. The molecule has 3 aromatic rings. The average molecular weight is 463 g/mol. The molecule has 1 aliphatic heterocycles. The summed E-state index contributed by atoms with van der Waals surface area (Å²) < 4.78 is 56.6. The molecule has 0 aliphatic carbocycles. The van der Waals surface area contributed by atoms with Crippen LogP contribution in [-0.2, 0) is 6.18 Å². The molecule has 1 fully saturated rings. The Morgan fingerprint density at radius 2 is 1.88 bits per heavy atom. The van der Waals surface area contributed by atoms with Gasteiger partial charge < -0.3 is 10.6 Å². The highest BCUT2D eigenvalue weighted by atomic mass is 19.4. The summed E-state index contributed by atoms with van der Waals surface area (Å²) in [4.78, 5) is 30.0. The lowest BCUT2D eigenvalue weighted by atomic mass is 10.1. The molecule has 11 heteroatoms. The summed E-state index contributed by atoms with van der Waals surface area (Å²) >= 11 is 0. The van der Waals surface area contributed by atoms with Gasteiger partial charge in [0.15, 0.2) is 11.3 Å². The van der Waals surface area contributed by atoms with Gasteiger partial charge in [-0.15, -0.1) is 0 Å². The highest BCUT2D eigenvalue weighted by Crippen LogP contribution is 2.32. The standard InChI is InChI=1S/C22H21F4N5O2/c1-12-5-3-2-4-8-30(12)21(33)17-10-18(22(24,25)26)31-19(28-17)11-16(29-31)14-7-6-13(20(27)32)9-15(14)23/h6-7,9-12H,2-5,8H2,1H3,(H2,27,32). The number of hydrogen-bond acceptors (Lipinski definition) is 4. The van der Waals surface area contributed by atoms with Gasteiger partial charge in [-0.1, -0.05) is 12.8 Å². The lowest BCUT2D eigenvalue weighted by Crippen LogP contribution is -2.39. The van der Waals surface area contributed by atoms with Crippen LogP contribution >= 0.6 is 0 Å². The van der Waals surface area contributed by atoms with E-state index in [2.05, 4.69) is 10.1 Å². The van der Waals surface area contributed by atoms with Crippen molar-refractivity contribution in [1.29, 1.82) is 0 Å². The number of hydrogen-bond donors (Lipinski definition) is 1. The first-order valence-corrected chi connectivity index (χ1v) is 10.4. The van der Waals surface area contributed by atoms with Crippen molar-refractivity contribution in [2.24, 2.45) is 5.73 Å². The first kappa shape index (κ1) is 22.7. The van der Waals surface area contributed by atoms with Crippen molar-refractivity contribution in [2.45, 2.75) is 44.8 Å². The molecule has 0 bridgehead atoms. The van der Waals surface area contributed by atoms with E-state index in [1.165, 1.54) is 18.2 Å². The van der Waals surface area contributed by atoms with Crippen LogP contribution in [0.25, 0.3) is 16.9 Å². The normalized spacial score (nSPS) is 17.2. The van der Waals surface area contributed by atoms with Crippen LogP contribution in [-0.4, -0.2) is 43.9 Å². The molecule has 1 aromatic carbocycles. The molecule has 2 N–H and O–H groups in total. The second kappa shape index (κ2) is 8.45. The Morgan fingerprint density at radius 3 is 2.55 bits per heavy atom. The first-order valence-electron chi connectivity index (χ1n) is 10.4. The van der Waals surface area contributed by atoms with Crippen LogP contribution in [0.3, 0.4) is 0 Å². The number of primary amides is 1. The summed E-state index contributed by atoms with van der Waals surface area (Å²) in [5, 5.41) is 3.88. The second-order valence-electron chi connectivity index (χ2n) is 8.08. The van der Waals surface area contributed by atoms with Crippen LogP contribution in [0, 0.1) is 5.82 Å². The summed E-state index contributed by atoms with van der Waals surface area (Å²) in [5.74, 6) is -2.31. The van der Waals surface area contributed by atoms with Crippen molar-refractivity contribution in [3.63, 3.8) is 0 Å². The molecular weight excluding hydrogens is 442 g/mol. The molecule has 2 aromatic heterocycles. The predicted molar refractivity (Wildman–Crippen MR) is 111 cm³/mol. The monoisotopic (exact) mass is 463 g/mol. The average Bonchev–Trinajstić information content (AvgIpc) is 3.05. The molecule has 1 atom stereocenters.